The standard InChI is InChI=1S/C31H34Cl2FN3O5S/c1-29(2,3)14-20-31(25-18(36-28(31)40)13-21(33)43-25)23(30(4)11-7-8-16(32)24(30)34)22(37-20)26(38)35-17-10-9-15(27(39)42-6)12-19(17)41-5/h7-10,12-13,20,22-23,37H,11,14H2,1-6H3,(H,35,38)(H,36,40). The van der Waals surface area contributed by atoms with Gasteiger partial charge in [-0.2, -0.15) is 0 Å². The summed E-state index contributed by atoms with van der Waals surface area (Å²) in [5.74, 6) is -2.63. The quantitative estimate of drug-likeness (QED) is 0.297. The number of anilines is 2. The van der Waals surface area contributed by atoms with E-state index < -0.39 is 46.5 Å². The molecule has 0 bridgehead atoms. The zero-order valence-corrected chi connectivity index (χ0v) is 27.0. The van der Waals surface area contributed by atoms with Gasteiger partial charge in [-0.1, -0.05) is 57.0 Å². The van der Waals surface area contributed by atoms with Crippen LogP contribution in [0.4, 0.5) is 15.8 Å². The number of halogens is 3. The van der Waals surface area contributed by atoms with Gasteiger partial charge in [0.2, 0.25) is 11.8 Å². The number of rotatable bonds is 6. The van der Waals surface area contributed by atoms with Crippen LogP contribution < -0.4 is 20.7 Å². The lowest BCUT2D eigenvalue weighted by molar-refractivity contribution is -0.126. The van der Waals surface area contributed by atoms with Gasteiger partial charge >= 0.3 is 5.97 Å². The number of fused-ring (bicyclic) bond motifs is 2. The molecule has 230 valence electrons. The average Bonchev–Trinajstić information content (AvgIpc) is 3.56. The molecule has 1 saturated heterocycles. The third-order valence-corrected chi connectivity index (χ3v) is 10.3. The van der Waals surface area contributed by atoms with Crippen molar-refractivity contribution in [1.82, 2.24) is 5.32 Å². The first-order valence-electron chi connectivity index (χ1n) is 13.8. The van der Waals surface area contributed by atoms with Crippen molar-refractivity contribution in [3.05, 3.63) is 62.1 Å². The summed E-state index contributed by atoms with van der Waals surface area (Å²) in [5.41, 5.74) is -1.83. The van der Waals surface area contributed by atoms with Crippen molar-refractivity contribution < 1.29 is 28.2 Å². The Bertz CT molecular complexity index is 1570. The Morgan fingerprint density at radius 3 is 2.58 bits per heavy atom. The van der Waals surface area contributed by atoms with E-state index in [4.69, 9.17) is 32.7 Å². The maximum absolute atomic E-state index is 16.3. The largest absolute Gasteiger partial charge is 0.495 e. The second-order valence-electron chi connectivity index (χ2n) is 12.6. The van der Waals surface area contributed by atoms with E-state index in [1.807, 2.05) is 0 Å². The van der Waals surface area contributed by atoms with E-state index in [1.54, 1.807) is 19.1 Å². The number of ether oxygens (including phenoxy) is 2. The molecule has 2 aromatic rings. The number of esters is 1. The Morgan fingerprint density at radius 1 is 1.21 bits per heavy atom. The average molecular weight is 651 g/mol. The fourth-order valence-corrected chi connectivity index (χ4v) is 8.67. The molecule has 0 saturated carbocycles. The summed E-state index contributed by atoms with van der Waals surface area (Å²) < 4.78 is 27.1. The second-order valence-corrected chi connectivity index (χ2v) is 14.7. The van der Waals surface area contributed by atoms with E-state index in [2.05, 4.69) is 36.7 Å². The predicted molar refractivity (Wildman–Crippen MR) is 167 cm³/mol. The molecule has 1 aromatic carbocycles. The smallest absolute Gasteiger partial charge is 0.337 e. The SMILES string of the molecule is COC(=O)c1ccc(NC(=O)C2NC(CC(C)(C)C)C3(C(=O)Nc4cc(Cl)sc43)C2C2(C)CC=CC(Cl)=C2F)c(OC)c1. The number of hydrogen-bond acceptors (Lipinski definition) is 7. The molecule has 1 fully saturated rings. The summed E-state index contributed by atoms with van der Waals surface area (Å²) >= 11 is 14.1. The number of carbonyl (C=O) groups is 3. The highest BCUT2D eigenvalue weighted by molar-refractivity contribution is 7.17. The Balaban J connectivity index is 1.68. The van der Waals surface area contributed by atoms with Crippen LogP contribution >= 0.6 is 34.5 Å². The van der Waals surface area contributed by atoms with Crippen LogP contribution in [-0.2, 0) is 19.7 Å². The number of nitrogens with one attached hydrogen (secondary N) is 3. The third kappa shape index (κ3) is 5.16. The first kappa shape index (κ1) is 31.5. The summed E-state index contributed by atoms with van der Waals surface area (Å²) in [7, 11) is 2.69. The molecule has 3 aliphatic rings. The van der Waals surface area contributed by atoms with Gasteiger partial charge in [0.15, 0.2) is 0 Å². The number of amides is 2. The molecule has 1 spiro atoms. The van der Waals surface area contributed by atoms with Crippen molar-refractivity contribution in [2.75, 3.05) is 24.9 Å². The van der Waals surface area contributed by atoms with Gasteiger partial charge in [-0.25, -0.2) is 9.18 Å². The van der Waals surface area contributed by atoms with Crippen LogP contribution in [0, 0.1) is 16.7 Å². The topological polar surface area (TPSA) is 106 Å². The molecule has 3 N–H and O–H groups in total. The number of methoxy groups -OCH3 is 2. The van der Waals surface area contributed by atoms with E-state index in [0.717, 1.165) is 0 Å². The second kappa shape index (κ2) is 11.2. The molecule has 3 heterocycles. The number of benzene rings is 1. The lowest BCUT2D eigenvalue weighted by Crippen LogP contribution is -2.55. The summed E-state index contributed by atoms with van der Waals surface area (Å²) in [6.45, 7) is 7.87. The highest BCUT2D eigenvalue weighted by Gasteiger charge is 2.71. The van der Waals surface area contributed by atoms with Gasteiger partial charge in [0, 0.05) is 22.3 Å². The molecular weight excluding hydrogens is 616 g/mol. The van der Waals surface area contributed by atoms with E-state index in [1.165, 1.54) is 49.8 Å². The van der Waals surface area contributed by atoms with E-state index in [9.17, 15) is 14.4 Å². The van der Waals surface area contributed by atoms with Crippen LogP contribution in [0.1, 0.15) is 55.8 Å². The fraction of sp³-hybridized carbons (Fsp3) is 0.452. The number of hydrogen-bond donors (Lipinski definition) is 3. The number of carbonyl (C=O) groups excluding carboxylic acids is 3. The molecule has 1 aromatic heterocycles. The lowest BCUT2D eigenvalue weighted by Gasteiger charge is -2.45. The zero-order chi connectivity index (χ0) is 31.5. The highest BCUT2D eigenvalue weighted by atomic mass is 35.5. The maximum Gasteiger partial charge on any atom is 0.337 e. The van der Waals surface area contributed by atoms with Crippen LogP contribution in [0.2, 0.25) is 4.34 Å². The molecular formula is C31H34Cl2FN3O5S. The highest BCUT2D eigenvalue weighted by Crippen LogP contribution is 2.63. The minimum atomic E-state index is -1.34. The van der Waals surface area contributed by atoms with Crippen LogP contribution in [0.5, 0.6) is 5.75 Å². The van der Waals surface area contributed by atoms with Crippen LogP contribution in [0.25, 0.3) is 0 Å². The van der Waals surface area contributed by atoms with Gasteiger partial charge in [0.1, 0.15) is 17.0 Å². The van der Waals surface area contributed by atoms with Crippen molar-refractivity contribution in [2.24, 2.45) is 16.7 Å². The summed E-state index contributed by atoms with van der Waals surface area (Å²) in [6.07, 6.45) is 3.99. The van der Waals surface area contributed by atoms with E-state index in [0.29, 0.717) is 27.0 Å². The lowest BCUT2D eigenvalue weighted by atomic mass is 9.56. The number of allylic oxidation sites excluding steroid dienone is 4. The molecule has 43 heavy (non-hydrogen) atoms. The minimum absolute atomic E-state index is 0.0646. The fourth-order valence-electron chi connectivity index (χ4n) is 6.90. The molecule has 2 amide bonds. The number of thiophene rings is 1. The third-order valence-electron chi connectivity index (χ3n) is 8.64. The molecule has 5 atom stereocenters. The molecule has 5 rings (SSSR count). The van der Waals surface area contributed by atoms with Crippen molar-refractivity contribution in [3.63, 3.8) is 0 Å². The van der Waals surface area contributed by atoms with Crippen molar-refractivity contribution in [1.29, 1.82) is 0 Å². The molecule has 12 heteroatoms. The molecule has 8 nitrogen and oxygen atoms in total. The van der Waals surface area contributed by atoms with Crippen LogP contribution in [-0.4, -0.2) is 44.1 Å². The normalized spacial score (nSPS) is 28.2. The summed E-state index contributed by atoms with van der Waals surface area (Å²) in [6, 6.07) is 4.61. The summed E-state index contributed by atoms with van der Waals surface area (Å²) in [5, 5.41) is 9.32. The first-order valence-corrected chi connectivity index (χ1v) is 15.4. The van der Waals surface area contributed by atoms with Gasteiger partial charge in [0.05, 0.1) is 46.6 Å². The Kier molecular flexibility index (Phi) is 8.22. The first-order chi connectivity index (χ1) is 20.2. The van der Waals surface area contributed by atoms with Crippen molar-refractivity contribution in [2.45, 2.75) is 58.0 Å². The zero-order valence-electron chi connectivity index (χ0n) is 24.7. The monoisotopic (exact) mass is 649 g/mol. The van der Waals surface area contributed by atoms with Crippen molar-refractivity contribution in [3.8, 4) is 5.75 Å². The molecule has 0 radical (unpaired) electrons. The van der Waals surface area contributed by atoms with Crippen LogP contribution in [0.3, 0.4) is 0 Å². The Hall–Kier alpha value is -2.92. The predicted octanol–water partition coefficient (Wildman–Crippen LogP) is 6.80. The molecule has 1 aliphatic carbocycles. The van der Waals surface area contributed by atoms with Crippen molar-refractivity contribution >= 4 is 63.7 Å². The van der Waals surface area contributed by atoms with Gasteiger partial charge in [-0.05, 0) is 48.6 Å². The van der Waals surface area contributed by atoms with Gasteiger partial charge in [-0.15, -0.1) is 11.3 Å². The Labute approximate surface area is 264 Å². The van der Waals surface area contributed by atoms with E-state index in [-0.39, 0.29) is 34.1 Å². The van der Waals surface area contributed by atoms with E-state index >= 15 is 4.39 Å². The molecule has 5 unspecified atom stereocenters. The Morgan fingerprint density at radius 2 is 1.93 bits per heavy atom. The summed E-state index contributed by atoms with van der Waals surface area (Å²) in [4.78, 5) is 41.4. The van der Waals surface area contributed by atoms with Gasteiger partial charge in [0.25, 0.3) is 0 Å². The maximum atomic E-state index is 16.3. The minimum Gasteiger partial charge on any atom is -0.495 e. The van der Waals surface area contributed by atoms with Gasteiger partial charge in [-0.3, -0.25) is 9.59 Å². The van der Waals surface area contributed by atoms with Crippen LogP contribution in [0.15, 0.2) is 47.3 Å². The van der Waals surface area contributed by atoms with Gasteiger partial charge < -0.3 is 25.4 Å². The molecule has 2 aliphatic heterocycles.